The number of fused-ring (bicyclic) bond motifs is 1. The summed E-state index contributed by atoms with van der Waals surface area (Å²) < 4.78 is 18.6. The third-order valence-electron chi connectivity index (χ3n) is 6.01. The summed E-state index contributed by atoms with van der Waals surface area (Å²) in [6.07, 6.45) is 3.26. The van der Waals surface area contributed by atoms with Crippen molar-refractivity contribution in [3.63, 3.8) is 0 Å². The molecule has 7 nitrogen and oxygen atoms in total. The van der Waals surface area contributed by atoms with E-state index in [0.29, 0.717) is 0 Å². The number of likely N-dealkylation sites (tertiary alicyclic amines) is 1. The minimum absolute atomic E-state index is 0.00362. The molecule has 0 aliphatic carbocycles. The molecule has 3 rings (SSSR count). The normalized spacial score (nSPS) is 17.4. The molecule has 2 aromatic rings. The van der Waals surface area contributed by atoms with Crippen molar-refractivity contribution in [3.05, 3.63) is 48.0 Å². The van der Waals surface area contributed by atoms with Gasteiger partial charge in [-0.2, -0.15) is 0 Å². The molecular formula is C23H31N3O4S. The topological polar surface area (TPSA) is 79.0 Å². The van der Waals surface area contributed by atoms with Crippen LogP contribution in [0, 0.1) is 0 Å². The molecule has 2 unspecified atom stereocenters. The van der Waals surface area contributed by atoms with Crippen LogP contribution in [0.2, 0.25) is 0 Å². The van der Waals surface area contributed by atoms with Crippen LogP contribution in [-0.2, 0) is 25.3 Å². The van der Waals surface area contributed by atoms with E-state index < -0.39 is 17.0 Å². The van der Waals surface area contributed by atoms with Crippen LogP contribution in [0.5, 0.6) is 0 Å². The average Bonchev–Trinajstić information content (AvgIpc) is 2.80. The molecule has 0 radical (unpaired) electrons. The van der Waals surface area contributed by atoms with E-state index >= 15 is 0 Å². The van der Waals surface area contributed by atoms with Gasteiger partial charge in [-0.15, -0.1) is 0 Å². The molecule has 2 atom stereocenters. The molecule has 1 aliphatic heterocycles. The molecular weight excluding hydrogens is 414 g/mol. The Morgan fingerprint density at radius 1 is 1.19 bits per heavy atom. The van der Waals surface area contributed by atoms with E-state index in [1.54, 1.807) is 10.6 Å². The highest BCUT2D eigenvalue weighted by Crippen LogP contribution is 2.31. The Bertz CT molecular complexity index is 938. The molecule has 168 valence electrons. The van der Waals surface area contributed by atoms with Crippen LogP contribution >= 0.6 is 0 Å². The van der Waals surface area contributed by atoms with Gasteiger partial charge in [-0.25, -0.2) is 8.51 Å². The zero-order valence-electron chi connectivity index (χ0n) is 18.4. The van der Waals surface area contributed by atoms with Gasteiger partial charge in [-0.05, 0) is 36.1 Å². The first-order chi connectivity index (χ1) is 14.9. The molecule has 31 heavy (non-hydrogen) atoms. The number of hydrogen-bond donors (Lipinski definition) is 1. The van der Waals surface area contributed by atoms with Crippen LogP contribution < -0.4 is 5.32 Å². The Kier molecular flexibility index (Phi) is 8.17. The van der Waals surface area contributed by atoms with Crippen LogP contribution in [0.4, 0.5) is 0 Å². The molecule has 2 aromatic carbocycles. The van der Waals surface area contributed by atoms with Crippen molar-refractivity contribution in [2.45, 2.75) is 31.8 Å². The fourth-order valence-electron chi connectivity index (χ4n) is 4.24. The number of nitrogens with zero attached hydrogens (tertiary/aromatic N) is 2. The standard InChI is InChI=1S/C23H31N3O4S/c1-17(20-10-6-8-18-7-4-5-9-21(18)20)25-13-11-19(12-14-25)26(31(3)29)16-22(27)24-15-23(28)30-2/h4-10,17,19H,11-16H2,1-3H3,(H,24,27). The lowest BCUT2D eigenvalue weighted by atomic mass is 9.96. The summed E-state index contributed by atoms with van der Waals surface area (Å²) in [5, 5.41) is 5.04. The van der Waals surface area contributed by atoms with E-state index in [0.717, 1.165) is 25.9 Å². The van der Waals surface area contributed by atoms with Crippen molar-refractivity contribution in [3.8, 4) is 0 Å². The lowest BCUT2D eigenvalue weighted by Crippen LogP contribution is -2.49. The molecule has 1 amide bonds. The van der Waals surface area contributed by atoms with Gasteiger partial charge < -0.3 is 10.1 Å². The van der Waals surface area contributed by atoms with Gasteiger partial charge in [0.15, 0.2) is 0 Å². The van der Waals surface area contributed by atoms with Gasteiger partial charge in [-0.1, -0.05) is 42.5 Å². The number of amides is 1. The van der Waals surface area contributed by atoms with E-state index in [-0.39, 0.29) is 31.1 Å². The molecule has 0 bridgehead atoms. The number of ether oxygens (including phenoxy) is 1. The highest BCUT2D eigenvalue weighted by molar-refractivity contribution is 7.81. The van der Waals surface area contributed by atoms with Crippen molar-refractivity contribution in [1.82, 2.24) is 14.5 Å². The summed E-state index contributed by atoms with van der Waals surface area (Å²) in [6.45, 7) is 3.79. The van der Waals surface area contributed by atoms with Gasteiger partial charge in [0.2, 0.25) is 5.91 Å². The Hall–Kier alpha value is -2.29. The maximum atomic E-state index is 12.3. The fourth-order valence-corrected chi connectivity index (χ4v) is 5.17. The van der Waals surface area contributed by atoms with E-state index in [9.17, 15) is 13.8 Å². The molecule has 1 heterocycles. The van der Waals surface area contributed by atoms with Crippen molar-refractivity contribution < 1.29 is 18.5 Å². The van der Waals surface area contributed by atoms with Crippen LogP contribution in [0.15, 0.2) is 42.5 Å². The molecule has 0 saturated carbocycles. The second-order valence-corrected chi connectivity index (χ2v) is 9.18. The van der Waals surface area contributed by atoms with E-state index in [2.05, 4.69) is 64.3 Å². The summed E-state index contributed by atoms with van der Waals surface area (Å²) in [4.78, 5) is 25.9. The van der Waals surface area contributed by atoms with Gasteiger partial charge in [0.05, 0.1) is 24.6 Å². The maximum absolute atomic E-state index is 12.3. The molecule has 0 spiro atoms. The Morgan fingerprint density at radius 2 is 1.87 bits per heavy atom. The van der Waals surface area contributed by atoms with Crippen LogP contribution in [0.25, 0.3) is 10.8 Å². The largest absolute Gasteiger partial charge is 0.468 e. The Balaban J connectivity index is 1.61. The second-order valence-electron chi connectivity index (χ2n) is 7.86. The number of carbonyl (C=O) groups is 2. The quantitative estimate of drug-likeness (QED) is 0.631. The number of piperidine rings is 1. The highest BCUT2D eigenvalue weighted by atomic mass is 32.2. The molecule has 1 aliphatic rings. The van der Waals surface area contributed by atoms with E-state index in [1.165, 1.54) is 23.4 Å². The lowest BCUT2D eigenvalue weighted by molar-refractivity contribution is -0.141. The maximum Gasteiger partial charge on any atom is 0.325 e. The van der Waals surface area contributed by atoms with Crippen LogP contribution in [-0.4, -0.2) is 70.9 Å². The van der Waals surface area contributed by atoms with Crippen molar-refractivity contribution in [1.29, 1.82) is 0 Å². The van der Waals surface area contributed by atoms with Crippen molar-refractivity contribution in [2.75, 3.05) is 39.5 Å². The number of benzene rings is 2. The summed E-state index contributed by atoms with van der Waals surface area (Å²) in [5.74, 6) is -0.833. The SMILES string of the molecule is COC(=O)CNC(=O)CN(C1CCN(C(C)c2cccc3ccccc23)CC1)S(C)=O. The number of rotatable bonds is 8. The number of hydrogen-bond acceptors (Lipinski definition) is 5. The number of esters is 1. The Morgan fingerprint density at radius 3 is 2.55 bits per heavy atom. The Labute approximate surface area is 186 Å². The van der Waals surface area contributed by atoms with Gasteiger partial charge in [0.1, 0.15) is 6.54 Å². The monoisotopic (exact) mass is 445 g/mol. The zero-order valence-corrected chi connectivity index (χ0v) is 19.2. The number of methoxy groups -OCH3 is 1. The molecule has 8 heteroatoms. The van der Waals surface area contributed by atoms with Gasteiger partial charge in [-0.3, -0.25) is 14.5 Å². The third-order valence-corrected chi connectivity index (χ3v) is 7.10. The number of carbonyl (C=O) groups excluding carboxylic acids is 2. The second kappa shape index (κ2) is 10.8. The minimum Gasteiger partial charge on any atom is -0.468 e. The average molecular weight is 446 g/mol. The summed E-state index contributed by atoms with van der Waals surface area (Å²) in [6, 6.07) is 15.2. The van der Waals surface area contributed by atoms with E-state index in [4.69, 9.17) is 0 Å². The van der Waals surface area contributed by atoms with Crippen LogP contribution in [0.1, 0.15) is 31.4 Å². The predicted molar refractivity (Wildman–Crippen MR) is 123 cm³/mol. The molecule has 1 fully saturated rings. The van der Waals surface area contributed by atoms with Crippen molar-refractivity contribution >= 4 is 33.6 Å². The van der Waals surface area contributed by atoms with Crippen LogP contribution in [0.3, 0.4) is 0 Å². The minimum atomic E-state index is -1.28. The first kappa shape index (κ1) is 23.4. The molecule has 0 aromatic heterocycles. The third kappa shape index (κ3) is 5.90. The first-order valence-electron chi connectivity index (χ1n) is 10.6. The lowest BCUT2D eigenvalue weighted by Gasteiger charge is -2.39. The van der Waals surface area contributed by atoms with Gasteiger partial charge in [0, 0.05) is 31.4 Å². The highest BCUT2D eigenvalue weighted by Gasteiger charge is 2.30. The van der Waals surface area contributed by atoms with Gasteiger partial charge >= 0.3 is 5.97 Å². The zero-order chi connectivity index (χ0) is 22.4. The fraction of sp³-hybridized carbons (Fsp3) is 0.478. The smallest absolute Gasteiger partial charge is 0.325 e. The molecule has 1 saturated heterocycles. The predicted octanol–water partition coefficient (Wildman–Crippen LogP) is 2.25. The first-order valence-corrected chi connectivity index (χ1v) is 12.1. The summed E-state index contributed by atoms with van der Waals surface area (Å²) in [5.41, 5.74) is 1.31. The van der Waals surface area contributed by atoms with Crippen molar-refractivity contribution in [2.24, 2.45) is 0 Å². The summed E-state index contributed by atoms with van der Waals surface area (Å²) in [7, 11) is -0.00353. The van der Waals surface area contributed by atoms with Gasteiger partial charge in [0.25, 0.3) is 0 Å². The van der Waals surface area contributed by atoms with E-state index in [1.807, 2.05) is 0 Å². The molecule has 1 N–H and O–H groups in total. The summed E-state index contributed by atoms with van der Waals surface area (Å²) >= 11 is 0. The number of nitrogens with one attached hydrogen (secondary N) is 1.